The Balaban J connectivity index is 1.31. The van der Waals surface area contributed by atoms with Crippen LogP contribution in [-0.4, -0.2) is 41.3 Å². The molecule has 8 nitrogen and oxygen atoms in total. The zero-order valence-electron chi connectivity index (χ0n) is 17.3. The van der Waals surface area contributed by atoms with Crippen molar-refractivity contribution in [1.82, 2.24) is 15.0 Å². The van der Waals surface area contributed by atoms with Crippen molar-refractivity contribution in [2.24, 2.45) is 0 Å². The van der Waals surface area contributed by atoms with E-state index in [2.05, 4.69) is 15.5 Å². The highest BCUT2D eigenvalue weighted by Crippen LogP contribution is 2.27. The van der Waals surface area contributed by atoms with Gasteiger partial charge in [-0.05, 0) is 61.4 Å². The fourth-order valence-electron chi connectivity index (χ4n) is 3.42. The standard InChI is InChI=1S/C22H23FN4O4/c1-14-11-18(29-2)7-8-19(14)24-22(28)27-10-9-15(12-27)21-25-20(31-26-21)13-30-17-5-3-16(23)4-6-17/h3-8,11,15H,9-10,12-13H2,1-2H3,(H,24,28). The molecule has 0 saturated carbocycles. The van der Waals surface area contributed by atoms with Gasteiger partial charge in [0.1, 0.15) is 17.3 Å². The van der Waals surface area contributed by atoms with Crippen molar-refractivity contribution >= 4 is 11.7 Å². The molecule has 2 amide bonds. The topological polar surface area (TPSA) is 89.7 Å². The van der Waals surface area contributed by atoms with E-state index in [1.54, 1.807) is 12.0 Å². The van der Waals surface area contributed by atoms with Gasteiger partial charge in [0.2, 0.25) is 0 Å². The Morgan fingerprint density at radius 3 is 2.77 bits per heavy atom. The van der Waals surface area contributed by atoms with Crippen molar-refractivity contribution in [1.29, 1.82) is 0 Å². The number of halogens is 1. The summed E-state index contributed by atoms with van der Waals surface area (Å²) < 4.78 is 28.9. The van der Waals surface area contributed by atoms with Crippen molar-refractivity contribution in [3.05, 3.63) is 65.6 Å². The van der Waals surface area contributed by atoms with Crippen LogP contribution in [0.3, 0.4) is 0 Å². The second kappa shape index (κ2) is 9.03. The van der Waals surface area contributed by atoms with Crippen LogP contribution in [0, 0.1) is 12.7 Å². The third kappa shape index (κ3) is 4.93. The smallest absolute Gasteiger partial charge is 0.321 e. The fourth-order valence-corrected chi connectivity index (χ4v) is 3.42. The van der Waals surface area contributed by atoms with E-state index in [-0.39, 0.29) is 24.4 Å². The zero-order chi connectivity index (χ0) is 21.8. The van der Waals surface area contributed by atoms with Crippen LogP contribution in [-0.2, 0) is 6.61 Å². The molecular formula is C22H23FN4O4. The molecule has 31 heavy (non-hydrogen) atoms. The number of amides is 2. The molecule has 4 rings (SSSR count). The molecule has 1 aromatic heterocycles. The number of aryl methyl sites for hydroxylation is 1. The molecule has 0 aliphatic carbocycles. The first-order valence-corrected chi connectivity index (χ1v) is 9.93. The van der Waals surface area contributed by atoms with Gasteiger partial charge in [-0.3, -0.25) is 0 Å². The Labute approximate surface area is 179 Å². The maximum absolute atomic E-state index is 13.0. The number of methoxy groups -OCH3 is 1. The summed E-state index contributed by atoms with van der Waals surface area (Å²) in [4.78, 5) is 18.8. The lowest BCUT2D eigenvalue weighted by Crippen LogP contribution is -2.33. The molecule has 0 bridgehead atoms. The van der Waals surface area contributed by atoms with Crippen molar-refractivity contribution < 1.29 is 23.2 Å². The van der Waals surface area contributed by atoms with E-state index >= 15 is 0 Å². The number of urea groups is 1. The number of anilines is 1. The lowest BCUT2D eigenvalue weighted by atomic mass is 10.1. The maximum atomic E-state index is 13.0. The summed E-state index contributed by atoms with van der Waals surface area (Å²) in [5, 5.41) is 6.98. The third-order valence-electron chi connectivity index (χ3n) is 5.18. The number of ether oxygens (including phenoxy) is 2. The normalized spacial score (nSPS) is 15.7. The minimum Gasteiger partial charge on any atom is -0.497 e. The molecule has 9 heteroatoms. The number of carbonyl (C=O) groups excluding carboxylic acids is 1. The number of hydrogen-bond donors (Lipinski definition) is 1. The van der Waals surface area contributed by atoms with Gasteiger partial charge in [0, 0.05) is 24.7 Å². The van der Waals surface area contributed by atoms with Crippen LogP contribution in [0.2, 0.25) is 0 Å². The molecule has 162 valence electrons. The minimum absolute atomic E-state index is 0.00830. The van der Waals surface area contributed by atoms with Gasteiger partial charge in [0.15, 0.2) is 12.4 Å². The summed E-state index contributed by atoms with van der Waals surface area (Å²) in [5.74, 6) is 1.80. The summed E-state index contributed by atoms with van der Waals surface area (Å²) in [6.45, 7) is 3.10. The molecule has 0 spiro atoms. The molecule has 1 saturated heterocycles. The molecule has 2 aromatic carbocycles. The van der Waals surface area contributed by atoms with Gasteiger partial charge in [0.25, 0.3) is 5.89 Å². The Hall–Kier alpha value is -3.62. The van der Waals surface area contributed by atoms with Crippen molar-refractivity contribution in [3.8, 4) is 11.5 Å². The molecule has 1 fully saturated rings. The minimum atomic E-state index is -0.329. The van der Waals surface area contributed by atoms with Crippen molar-refractivity contribution in [2.45, 2.75) is 25.9 Å². The Bertz CT molecular complexity index is 1050. The van der Waals surface area contributed by atoms with Crippen LogP contribution in [0.25, 0.3) is 0 Å². The van der Waals surface area contributed by atoms with E-state index in [4.69, 9.17) is 14.0 Å². The van der Waals surface area contributed by atoms with E-state index in [0.29, 0.717) is 30.6 Å². The second-order valence-electron chi connectivity index (χ2n) is 7.33. The number of benzene rings is 2. The van der Waals surface area contributed by atoms with E-state index in [1.807, 2.05) is 25.1 Å². The molecule has 2 heterocycles. The molecule has 1 atom stereocenters. The van der Waals surface area contributed by atoms with E-state index < -0.39 is 0 Å². The highest BCUT2D eigenvalue weighted by atomic mass is 19.1. The maximum Gasteiger partial charge on any atom is 0.321 e. The molecular weight excluding hydrogens is 403 g/mol. The van der Waals surface area contributed by atoms with Gasteiger partial charge in [-0.15, -0.1) is 0 Å². The van der Waals surface area contributed by atoms with E-state index in [1.165, 1.54) is 24.3 Å². The average molecular weight is 426 g/mol. The quantitative estimate of drug-likeness (QED) is 0.638. The molecule has 1 aliphatic rings. The summed E-state index contributed by atoms with van der Waals surface area (Å²) in [7, 11) is 1.61. The molecule has 1 N–H and O–H groups in total. The number of carbonyl (C=O) groups is 1. The van der Waals surface area contributed by atoms with Crippen molar-refractivity contribution in [2.75, 3.05) is 25.5 Å². The highest BCUT2D eigenvalue weighted by Gasteiger charge is 2.30. The van der Waals surface area contributed by atoms with Crippen LogP contribution in [0.1, 0.15) is 29.6 Å². The first kappa shape index (κ1) is 20.6. The third-order valence-corrected chi connectivity index (χ3v) is 5.18. The fraction of sp³-hybridized carbons (Fsp3) is 0.318. The molecule has 3 aromatic rings. The summed E-state index contributed by atoms with van der Waals surface area (Å²) in [5.41, 5.74) is 1.67. The van der Waals surface area contributed by atoms with Gasteiger partial charge in [-0.25, -0.2) is 9.18 Å². The molecule has 0 radical (unpaired) electrons. The lowest BCUT2D eigenvalue weighted by molar-refractivity contribution is 0.221. The predicted octanol–water partition coefficient (Wildman–Crippen LogP) is 4.13. The molecule has 1 aliphatic heterocycles. The largest absolute Gasteiger partial charge is 0.497 e. The van der Waals surface area contributed by atoms with Crippen LogP contribution in [0.5, 0.6) is 11.5 Å². The van der Waals surface area contributed by atoms with Crippen LogP contribution in [0.4, 0.5) is 14.9 Å². The Morgan fingerprint density at radius 2 is 2.03 bits per heavy atom. The summed E-state index contributed by atoms with van der Waals surface area (Å²) in [6.07, 6.45) is 0.743. The van der Waals surface area contributed by atoms with Crippen LogP contribution in [0.15, 0.2) is 47.0 Å². The first-order chi connectivity index (χ1) is 15.0. The number of likely N-dealkylation sites (tertiary alicyclic amines) is 1. The Morgan fingerprint density at radius 1 is 1.26 bits per heavy atom. The summed E-state index contributed by atoms with van der Waals surface area (Å²) >= 11 is 0. The number of nitrogens with one attached hydrogen (secondary N) is 1. The number of nitrogens with zero attached hydrogens (tertiary/aromatic N) is 3. The van der Waals surface area contributed by atoms with Gasteiger partial charge in [0.05, 0.1) is 7.11 Å². The lowest BCUT2D eigenvalue weighted by Gasteiger charge is -2.18. The van der Waals surface area contributed by atoms with Gasteiger partial charge >= 0.3 is 6.03 Å². The monoisotopic (exact) mass is 426 g/mol. The van der Waals surface area contributed by atoms with Crippen LogP contribution >= 0.6 is 0 Å². The Kier molecular flexibility index (Phi) is 6.01. The highest BCUT2D eigenvalue weighted by molar-refractivity contribution is 5.90. The van der Waals surface area contributed by atoms with E-state index in [9.17, 15) is 9.18 Å². The predicted molar refractivity (Wildman–Crippen MR) is 111 cm³/mol. The van der Waals surface area contributed by atoms with Gasteiger partial charge < -0.3 is 24.2 Å². The summed E-state index contributed by atoms with van der Waals surface area (Å²) in [6, 6.07) is 11.0. The van der Waals surface area contributed by atoms with Crippen LogP contribution < -0.4 is 14.8 Å². The number of rotatable bonds is 6. The van der Waals surface area contributed by atoms with Gasteiger partial charge in [-0.2, -0.15) is 4.98 Å². The SMILES string of the molecule is COc1ccc(NC(=O)N2CCC(c3noc(COc4ccc(F)cc4)n3)C2)c(C)c1. The van der Waals surface area contributed by atoms with Gasteiger partial charge in [-0.1, -0.05) is 5.16 Å². The average Bonchev–Trinajstić information content (AvgIpc) is 3.44. The van der Waals surface area contributed by atoms with E-state index in [0.717, 1.165) is 23.4 Å². The first-order valence-electron chi connectivity index (χ1n) is 9.93. The second-order valence-corrected chi connectivity index (χ2v) is 7.33. The number of hydrogen-bond acceptors (Lipinski definition) is 6. The van der Waals surface area contributed by atoms with Crippen molar-refractivity contribution in [3.63, 3.8) is 0 Å². The zero-order valence-corrected chi connectivity index (χ0v) is 17.3. The number of aromatic nitrogens is 2. The molecule has 1 unspecified atom stereocenters.